The first-order valence-corrected chi connectivity index (χ1v) is 4.34. The lowest BCUT2D eigenvalue weighted by Crippen LogP contribution is -2.35. The molecule has 1 aliphatic rings. The highest BCUT2D eigenvalue weighted by molar-refractivity contribution is 4.86. The topological polar surface area (TPSA) is 79.2 Å². The highest BCUT2D eigenvalue weighted by Crippen LogP contribution is 2.22. The molecule has 0 aliphatic carbocycles. The van der Waals surface area contributed by atoms with Crippen LogP contribution in [-0.4, -0.2) is 52.6 Å². The molecule has 0 bridgehead atoms. The zero-order chi connectivity index (χ0) is 10.0. The first kappa shape index (κ1) is 10.9. The molecule has 13 heavy (non-hydrogen) atoms. The molecule has 0 saturated carbocycles. The van der Waals surface area contributed by atoms with E-state index in [0.717, 1.165) is 0 Å². The van der Waals surface area contributed by atoms with Crippen LogP contribution in [0.3, 0.4) is 0 Å². The monoisotopic (exact) mass is 192 g/mol. The normalized spacial score (nSPS) is 40.2. The summed E-state index contributed by atoms with van der Waals surface area (Å²) in [5.41, 5.74) is 0. The Balaban J connectivity index is 2.50. The standard InChI is InChI=1S/C8H16O5/c1-4(2)12-8-7(11)6(10)5(3-9)13-8/h4-11H,3H2,1-2H3/t5-,6+,7?,8-/m1/s1. The lowest BCUT2D eigenvalue weighted by molar-refractivity contribution is -0.186. The highest BCUT2D eigenvalue weighted by Gasteiger charge is 2.43. The smallest absolute Gasteiger partial charge is 0.186 e. The molecule has 1 unspecified atom stereocenters. The predicted octanol–water partition coefficient (Wildman–Crippen LogP) is -1.15. The molecule has 5 heteroatoms. The second kappa shape index (κ2) is 4.34. The zero-order valence-corrected chi connectivity index (χ0v) is 7.75. The van der Waals surface area contributed by atoms with Crippen molar-refractivity contribution in [3.05, 3.63) is 0 Å². The minimum Gasteiger partial charge on any atom is -0.394 e. The van der Waals surface area contributed by atoms with Crippen LogP contribution in [0.15, 0.2) is 0 Å². The Morgan fingerprint density at radius 2 is 1.92 bits per heavy atom. The summed E-state index contributed by atoms with van der Waals surface area (Å²) in [4.78, 5) is 0. The average molecular weight is 192 g/mol. The van der Waals surface area contributed by atoms with Crippen molar-refractivity contribution in [3.8, 4) is 0 Å². The van der Waals surface area contributed by atoms with E-state index in [1.165, 1.54) is 0 Å². The van der Waals surface area contributed by atoms with Crippen LogP contribution in [0.5, 0.6) is 0 Å². The van der Waals surface area contributed by atoms with Gasteiger partial charge < -0.3 is 24.8 Å². The van der Waals surface area contributed by atoms with E-state index < -0.39 is 24.6 Å². The zero-order valence-electron chi connectivity index (χ0n) is 7.75. The fraction of sp³-hybridized carbons (Fsp3) is 1.00. The van der Waals surface area contributed by atoms with E-state index in [0.29, 0.717) is 0 Å². The van der Waals surface area contributed by atoms with Crippen molar-refractivity contribution in [3.63, 3.8) is 0 Å². The summed E-state index contributed by atoms with van der Waals surface area (Å²) in [6.45, 7) is 3.28. The number of rotatable bonds is 3. The summed E-state index contributed by atoms with van der Waals surface area (Å²) in [7, 11) is 0. The summed E-state index contributed by atoms with van der Waals surface area (Å²) in [6.07, 6.45) is -3.84. The minimum atomic E-state index is -1.08. The maximum atomic E-state index is 9.40. The molecule has 0 aromatic rings. The summed E-state index contributed by atoms with van der Waals surface area (Å²) in [6, 6.07) is 0. The average Bonchev–Trinajstić information content (AvgIpc) is 2.32. The molecule has 78 valence electrons. The van der Waals surface area contributed by atoms with Crippen molar-refractivity contribution < 1.29 is 24.8 Å². The van der Waals surface area contributed by atoms with Crippen molar-refractivity contribution in [2.24, 2.45) is 0 Å². The molecule has 0 radical (unpaired) electrons. The number of aliphatic hydroxyl groups is 3. The molecular formula is C8H16O5. The van der Waals surface area contributed by atoms with Gasteiger partial charge in [0.25, 0.3) is 0 Å². The summed E-state index contributed by atoms with van der Waals surface area (Å²) in [5.74, 6) is 0. The molecule has 1 rings (SSSR count). The SMILES string of the molecule is CC(C)O[C@@H]1O[C@H](CO)[C@H](O)C1O. The van der Waals surface area contributed by atoms with E-state index >= 15 is 0 Å². The van der Waals surface area contributed by atoms with Gasteiger partial charge in [0.15, 0.2) is 6.29 Å². The molecule has 5 nitrogen and oxygen atoms in total. The molecule has 0 amide bonds. The number of ether oxygens (including phenoxy) is 2. The predicted molar refractivity (Wildman–Crippen MR) is 44.0 cm³/mol. The Morgan fingerprint density at radius 3 is 2.31 bits per heavy atom. The third kappa shape index (κ3) is 2.38. The van der Waals surface area contributed by atoms with Crippen molar-refractivity contribution in [2.75, 3.05) is 6.61 Å². The number of aliphatic hydroxyl groups excluding tert-OH is 3. The van der Waals surface area contributed by atoms with Gasteiger partial charge in [0.05, 0.1) is 12.7 Å². The highest BCUT2D eigenvalue weighted by atomic mass is 16.7. The van der Waals surface area contributed by atoms with Gasteiger partial charge in [-0.15, -0.1) is 0 Å². The molecule has 1 saturated heterocycles. The van der Waals surface area contributed by atoms with E-state index in [1.807, 2.05) is 0 Å². The van der Waals surface area contributed by atoms with Crippen LogP contribution >= 0.6 is 0 Å². The lowest BCUT2D eigenvalue weighted by Gasteiger charge is -2.17. The number of hydrogen-bond donors (Lipinski definition) is 3. The summed E-state index contributed by atoms with van der Waals surface area (Å²) < 4.78 is 10.3. The fourth-order valence-electron chi connectivity index (χ4n) is 1.25. The van der Waals surface area contributed by atoms with Crippen molar-refractivity contribution >= 4 is 0 Å². The van der Waals surface area contributed by atoms with Gasteiger partial charge in [-0.2, -0.15) is 0 Å². The molecule has 1 aliphatic heterocycles. The molecule has 0 aromatic carbocycles. The third-order valence-corrected chi connectivity index (χ3v) is 1.90. The van der Waals surface area contributed by atoms with Gasteiger partial charge in [0.2, 0.25) is 0 Å². The third-order valence-electron chi connectivity index (χ3n) is 1.90. The second-order valence-electron chi connectivity index (χ2n) is 3.39. The largest absolute Gasteiger partial charge is 0.394 e. The lowest BCUT2D eigenvalue weighted by atomic mass is 10.1. The first-order chi connectivity index (χ1) is 6.06. The van der Waals surface area contributed by atoms with E-state index in [1.54, 1.807) is 13.8 Å². The van der Waals surface area contributed by atoms with Crippen LogP contribution in [0, 0.1) is 0 Å². The number of hydrogen-bond acceptors (Lipinski definition) is 5. The Labute approximate surface area is 76.9 Å². The molecular weight excluding hydrogens is 176 g/mol. The molecule has 1 heterocycles. The van der Waals surface area contributed by atoms with Gasteiger partial charge in [-0.3, -0.25) is 0 Å². The van der Waals surface area contributed by atoms with Crippen LogP contribution in [0.25, 0.3) is 0 Å². The molecule has 1 fully saturated rings. The molecule has 0 aromatic heterocycles. The Hall–Kier alpha value is -0.200. The van der Waals surface area contributed by atoms with Crippen LogP contribution in [0.2, 0.25) is 0 Å². The van der Waals surface area contributed by atoms with E-state index in [2.05, 4.69) is 0 Å². The minimum absolute atomic E-state index is 0.0932. The van der Waals surface area contributed by atoms with E-state index in [-0.39, 0.29) is 12.7 Å². The molecule has 3 N–H and O–H groups in total. The summed E-state index contributed by atoms with van der Waals surface area (Å²) >= 11 is 0. The Kier molecular flexibility index (Phi) is 3.63. The maximum Gasteiger partial charge on any atom is 0.186 e. The molecule has 0 spiro atoms. The van der Waals surface area contributed by atoms with Crippen molar-refractivity contribution in [2.45, 2.75) is 44.6 Å². The summed E-state index contributed by atoms with van der Waals surface area (Å²) in [5, 5.41) is 27.5. The fourth-order valence-corrected chi connectivity index (χ4v) is 1.25. The van der Waals surface area contributed by atoms with Crippen LogP contribution < -0.4 is 0 Å². The quantitative estimate of drug-likeness (QED) is 0.526. The maximum absolute atomic E-state index is 9.40. The Morgan fingerprint density at radius 1 is 1.31 bits per heavy atom. The van der Waals surface area contributed by atoms with Gasteiger partial charge in [-0.25, -0.2) is 0 Å². The van der Waals surface area contributed by atoms with Crippen LogP contribution in [-0.2, 0) is 9.47 Å². The van der Waals surface area contributed by atoms with Gasteiger partial charge in [-0.1, -0.05) is 0 Å². The van der Waals surface area contributed by atoms with Crippen molar-refractivity contribution in [1.82, 2.24) is 0 Å². The van der Waals surface area contributed by atoms with Gasteiger partial charge in [-0.05, 0) is 13.8 Å². The molecule has 4 atom stereocenters. The van der Waals surface area contributed by atoms with Crippen LogP contribution in [0.4, 0.5) is 0 Å². The van der Waals surface area contributed by atoms with E-state index in [4.69, 9.17) is 14.6 Å². The Bertz CT molecular complexity index is 161. The van der Waals surface area contributed by atoms with Crippen LogP contribution in [0.1, 0.15) is 13.8 Å². The van der Waals surface area contributed by atoms with Gasteiger partial charge in [0, 0.05) is 0 Å². The van der Waals surface area contributed by atoms with E-state index in [9.17, 15) is 10.2 Å². The first-order valence-electron chi connectivity index (χ1n) is 4.34. The van der Waals surface area contributed by atoms with Crippen molar-refractivity contribution in [1.29, 1.82) is 0 Å². The van der Waals surface area contributed by atoms with Gasteiger partial charge >= 0.3 is 0 Å². The second-order valence-corrected chi connectivity index (χ2v) is 3.39. The van der Waals surface area contributed by atoms with Gasteiger partial charge in [0.1, 0.15) is 18.3 Å².